The molecule has 0 saturated carbocycles. The fourth-order valence-corrected chi connectivity index (χ4v) is 2.54. The SMILES string of the molecule is Cc1cccc2scc(CN)c12. The molecule has 0 aliphatic rings. The Balaban J connectivity index is 2.83. The molecule has 0 spiro atoms. The maximum atomic E-state index is 5.64. The van der Waals surface area contributed by atoms with Crippen LogP contribution >= 0.6 is 11.3 Å². The Labute approximate surface area is 75.8 Å². The van der Waals surface area contributed by atoms with E-state index in [0.29, 0.717) is 6.54 Å². The third kappa shape index (κ3) is 1.04. The number of fused-ring (bicyclic) bond motifs is 1. The standard InChI is InChI=1S/C10H11NS/c1-7-3-2-4-9-10(7)8(5-11)6-12-9/h2-4,6H,5,11H2,1H3. The molecule has 0 bridgehead atoms. The average molecular weight is 177 g/mol. The second-order valence-corrected chi connectivity index (χ2v) is 3.82. The van der Waals surface area contributed by atoms with E-state index in [1.54, 1.807) is 11.3 Å². The monoisotopic (exact) mass is 177 g/mol. The van der Waals surface area contributed by atoms with Crippen LogP contribution in [0.3, 0.4) is 0 Å². The third-order valence-corrected chi connectivity index (χ3v) is 3.10. The lowest BCUT2D eigenvalue weighted by Gasteiger charge is -1.97. The van der Waals surface area contributed by atoms with Crippen molar-refractivity contribution in [2.45, 2.75) is 13.5 Å². The van der Waals surface area contributed by atoms with Crippen LogP contribution < -0.4 is 5.73 Å². The molecule has 0 atom stereocenters. The normalized spacial score (nSPS) is 10.8. The molecule has 2 rings (SSSR count). The van der Waals surface area contributed by atoms with Crippen LogP contribution in [-0.2, 0) is 6.54 Å². The number of thiophene rings is 1. The van der Waals surface area contributed by atoms with Gasteiger partial charge in [-0.25, -0.2) is 0 Å². The molecule has 2 heteroatoms. The quantitative estimate of drug-likeness (QED) is 0.712. The highest BCUT2D eigenvalue weighted by atomic mass is 32.1. The Kier molecular flexibility index (Phi) is 1.87. The van der Waals surface area contributed by atoms with Gasteiger partial charge in [0.15, 0.2) is 0 Å². The predicted octanol–water partition coefficient (Wildman–Crippen LogP) is 2.67. The lowest BCUT2D eigenvalue weighted by atomic mass is 10.1. The molecule has 0 unspecified atom stereocenters. The average Bonchev–Trinajstić information content (AvgIpc) is 2.49. The summed E-state index contributed by atoms with van der Waals surface area (Å²) >= 11 is 1.77. The van der Waals surface area contributed by atoms with Crippen molar-refractivity contribution in [1.29, 1.82) is 0 Å². The van der Waals surface area contributed by atoms with Crippen molar-refractivity contribution < 1.29 is 0 Å². The van der Waals surface area contributed by atoms with E-state index in [1.165, 1.54) is 21.2 Å². The van der Waals surface area contributed by atoms with Gasteiger partial charge in [-0.2, -0.15) is 0 Å². The number of hydrogen-bond donors (Lipinski definition) is 1. The van der Waals surface area contributed by atoms with Crippen molar-refractivity contribution >= 4 is 21.4 Å². The van der Waals surface area contributed by atoms with Crippen molar-refractivity contribution in [1.82, 2.24) is 0 Å². The number of nitrogens with two attached hydrogens (primary N) is 1. The minimum absolute atomic E-state index is 0.644. The molecule has 0 saturated heterocycles. The molecule has 0 fully saturated rings. The van der Waals surface area contributed by atoms with Gasteiger partial charge in [0.1, 0.15) is 0 Å². The van der Waals surface area contributed by atoms with Crippen LogP contribution in [0.25, 0.3) is 10.1 Å². The number of aryl methyl sites for hydroxylation is 1. The summed E-state index contributed by atoms with van der Waals surface area (Å²) in [6.07, 6.45) is 0. The number of hydrogen-bond acceptors (Lipinski definition) is 2. The van der Waals surface area contributed by atoms with Gasteiger partial charge >= 0.3 is 0 Å². The summed E-state index contributed by atoms with van der Waals surface area (Å²) in [5.41, 5.74) is 8.24. The summed E-state index contributed by atoms with van der Waals surface area (Å²) in [5, 5.41) is 3.50. The Morgan fingerprint density at radius 1 is 1.42 bits per heavy atom. The molecule has 1 nitrogen and oxygen atoms in total. The highest BCUT2D eigenvalue weighted by Crippen LogP contribution is 2.28. The summed E-state index contributed by atoms with van der Waals surface area (Å²) in [4.78, 5) is 0. The van der Waals surface area contributed by atoms with E-state index in [4.69, 9.17) is 5.73 Å². The van der Waals surface area contributed by atoms with Gasteiger partial charge in [0.2, 0.25) is 0 Å². The molecule has 2 N–H and O–H groups in total. The first-order chi connectivity index (χ1) is 5.83. The topological polar surface area (TPSA) is 26.0 Å². The smallest absolute Gasteiger partial charge is 0.0348 e. The van der Waals surface area contributed by atoms with Crippen molar-refractivity contribution in [3.05, 3.63) is 34.7 Å². The van der Waals surface area contributed by atoms with Crippen LogP contribution in [0.1, 0.15) is 11.1 Å². The molecule has 0 aliphatic heterocycles. The van der Waals surface area contributed by atoms with E-state index in [1.807, 2.05) is 0 Å². The van der Waals surface area contributed by atoms with Crippen LogP contribution in [0.2, 0.25) is 0 Å². The second kappa shape index (κ2) is 2.88. The van der Waals surface area contributed by atoms with Gasteiger partial charge in [0.25, 0.3) is 0 Å². The van der Waals surface area contributed by atoms with Crippen LogP contribution in [0.4, 0.5) is 0 Å². The van der Waals surface area contributed by atoms with Gasteiger partial charge < -0.3 is 5.73 Å². The van der Waals surface area contributed by atoms with E-state index < -0.39 is 0 Å². The maximum absolute atomic E-state index is 5.64. The maximum Gasteiger partial charge on any atom is 0.0348 e. The summed E-state index contributed by atoms with van der Waals surface area (Å²) in [5.74, 6) is 0. The first-order valence-electron chi connectivity index (χ1n) is 3.98. The van der Waals surface area contributed by atoms with Crippen molar-refractivity contribution in [2.75, 3.05) is 0 Å². The minimum Gasteiger partial charge on any atom is -0.326 e. The van der Waals surface area contributed by atoms with Gasteiger partial charge in [-0.05, 0) is 34.9 Å². The summed E-state index contributed by atoms with van der Waals surface area (Å²) < 4.78 is 1.34. The molecule has 1 aromatic heterocycles. The van der Waals surface area contributed by atoms with E-state index in [2.05, 4.69) is 30.5 Å². The Morgan fingerprint density at radius 3 is 3.00 bits per heavy atom. The zero-order valence-corrected chi connectivity index (χ0v) is 7.82. The molecule has 12 heavy (non-hydrogen) atoms. The number of rotatable bonds is 1. The van der Waals surface area contributed by atoms with Gasteiger partial charge in [-0.3, -0.25) is 0 Å². The Bertz CT molecular complexity index is 403. The third-order valence-electron chi connectivity index (χ3n) is 2.10. The molecular weight excluding hydrogens is 166 g/mol. The van der Waals surface area contributed by atoms with E-state index >= 15 is 0 Å². The van der Waals surface area contributed by atoms with Crippen LogP contribution in [-0.4, -0.2) is 0 Å². The molecule has 1 aromatic carbocycles. The molecule has 0 amide bonds. The van der Waals surface area contributed by atoms with Gasteiger partial charge in [0.05, 0.1) is 0 Å². The van der Waals surface area contributed by atoms with Crippen molar-refractivity contribution in [3.63, 3.8) is 0 Å². The fourth-order valence-electron chi connectivity index (χ4n) is 1.49. The lowest BCUT2D eigenvalue weighted by molar-refractivity contribution is 1.09. The summed E-state index contributed by atoms with van der Waals surface area (Å²) in [6.45, 7) is 2.78. The molecule has 1 heterocycles. The second-order valence-electron chi connectivity index (χ2n) is 2.91. The molecular formula is C10H11NS. The zero-order valence-electron chi connectivity index (χ0n) is 7.00. The van der Waals surface area contributed by atoms with E-state index in [9.17, 15) is 0 Å². The largest absolute Gasteiger partial charge is 0.326 e. The zero-order chi connectivity index (χ0) is 8.55. The highest BCUT2D eigenvalue weighted by molar-refractivity contribution is 7.17. The summed E-state index contributed by atoms with van der Waals surface area (Å²) in [7, 11) is 0. The highest BCUT2D eigenvalue weighted by Gasteiger charge is 2.03. The molecule has 0 aliphatic carbocycles. The van der Waals surface area contributed by atoms with Gasteiger partial charge in [-0.15, -0.1) is 11.3 Å². The molecule has 62 valence electrons. The molecule has 2 aromatic rings. The fraction of sp³-hybridized carbons (Fsp3) is 0.200. The molecule has 0 radical (unpaired) electrons. The van der Waals surface area contributed by atoms with Crippen LogP contribution in [0.15, 0.2) is 23.6 Å². The lowest BCUT2D eigenvalue weighted by Crippen LogP contribution is -1.94. The van der Waals surface area contributed by atoms with Gasteiger partial charge in [-0.1, -0.05) is 12.1 Å². The van der Waals surface area contributed by atoms with Crippen LogP contribution in [0, 0.1) is 6.92 Å². The van der Waals surface area contributed by atoms with E-state index in [0.717, 1.165) is 0 Å². The number of benzene rings is 1. The first-order valence-corrected chi connectivity index (χ1v) is 4.86. The van der Waals surface area contributed by atoms with Crippen molar-refractivity contribution in [2.24, 2.45) is 5.73 Å². The van der Waals surface area contributed by atoms with Crippen molar-refractivity contribution in [3.8, 4) is 0 Å². The Morgan fingerprint density at radius 2 is 2.25 bits per heavy atom. The first kappa shape index (κ1) is 7.77. The van der Waals surface area contributed by atoms with Gasteiger partial charge in [0, 0.05) is 11.2 Å². The minimum atomic E-state index is 0.644. The predicted molar refractivity (Wildman–Crippen MR) is 54.5 cm³/mol. The Hall–Kier alpha value is -0.860. The van der Waals surface area contributed by atoms with E-state index in [-0.39, 0.29) is 0 Å². The summed E-state index contributed by atoms with van der Waals surface area (Å²) in [6, 6.07) is 6.37. The van der Waals surface area contributed by atoms with Crippen LogP contribution in [0.5, 0.6) is 0 Å².